The van der Waals surface area contributed by atoms with Gasteiger partial charge >= 0.3 is 0 Å². The first kappa shape index (κ1) is 18.1. The highest BCUT2D eigenvalue weighted by atomic mass is 32.2. The fourth-order valence-electron chi connectivity index (χ4n) is 3.43. The van der Waals surface area contributed by atoms with Crippen LogP contribution >= 0.6 is 0 Å². The molecule has 0 radical (unpaired) electrons. The smallest absolute Gasteiger partial charge is 0.248 e. The van der Waals surface area contributed by atoms with Crippen molar-refractivity contribution in [3.63, 3.8) is 0 Å². The van der Waals surface area contributed by atoms with Gasteiger partial charge < -0.3 is 9.09 Å². The first-order chi connectivity index (χ1) is 11.8. The molecule has 9 heteroatoms. The zero-order chi connectivity index (χ0) is 18.2. The van der Waals surface area contributed by atoms with Crippen molar-refractivity contribution in [3.05, 3.63) is 23.6 Å². The Balaban J connectivity index is 1.67. The van der Waals surface area contributed by atoms with Gasteiger partial charge in [-0.05, 0) is 46.5 Å². The van der Waals surface area contributed by atoms with Crippen LogP contribution in [0.3, 0.4) is 0 Å². The molecule has 1 aliphatic heterocycles. The molecule has 1 aliphatic rings. The van der Waals surface area contributed by atoms with Crippen molar-refractivity contribution in [2.45, 2.75) is 57.9 Å². The van der Waals surface area contributed by atoms with E-state index in [1.54, 1.807) is 24.5 Å². The maximum atomic E-state index is 12.9. The van der Waals surface area contributed by atoms with Gasteiger partial charge in [-0.3, -0.25) is 0 Å². The SMILES string of the molecule is Cc1noc(C)c1S(=O)(=O)N1CCC(Cc2nncn2C(C)C)CC1. The summed E-state index contributed by atoms with van der Waals surface area (Å²) in [4.78, 5) is 0.213. The summed E-state index contributed by atoms with van der Waals surface area (Å²) in [5.74, 6) is 1.74. The van der Waals surface area contributed by atoms with E-state index in [4.69, 9.17) is 4.52 Å². The van der Waals surface area contributed by atoms with Gasteiger partial charge in [0.25, 0.3) is 0 Å². The lowest BCUT2D eigenvalue weighted by Gasteiger charge is -2.31. The average molecular weight is 367 g/mol. The van der Waals surface area contributed by atoms with Gasteiger partial charge in [-0.2, -0.15) is 4.31 Å². The molecule has 0 saturated carbocycles. The number of aryl methyl sites for hydroxylation is 2. The van der Waals surface area contributed by atoms with E-state index in [1.165, 1.54) is 0 Å². The molecule has 8 nitrogen and oxygen atoms in total. The van der Waals surface area contributed by atoms with Gasteiger partial charge in [0, 0.05) is 25.6 Å². The van der Waals surface area contributed by atoms with Crippen molar-refractivity contribution < 1.29 is 12.9 Å². The van der Waals surface area contributed by atoms with Crippen LogP contribution in [0.25, 0.3) is 0 Å². The molecule has 25 heavy (non-hydrogen) atoms. The Labute approximate surface area is 148 Å². The third-order valence-electron chi connectivity index (χ3n) is 4.81. The molecule has 0 atom stereocenters. The van der Waals surface area contributed by atoms with Crippen molar-refractivity contribution >= 4 is 10.0 Å². The Bertz CT molecular complexity index is 812. The van der Waals surface area contributed by atoms with E-state index < -0.39 is 10.0 Å². The molecule has 1 fully saturated rings. The van der Waals surface area contributed by atoms with E-state index in [1.807, 2.05) is 0 Å². The molecule has 3 heterocycles. The highest BCUT2D eigenvalue weighted by molar-refractivity contribution is 7.89. The van der Waals surface area contributed by atoms with Crippen LogP contribution in [0.1, 0.15) is 50.0 Å². The predicted octanol–water partition coefficient (Wildman–Crippen LogP) is 2.11. The molecule has 3 rings (SSSR count). The standard InChI is InChI=1S/C16H25N5O3S/c1-11(2)21-10-17-18-15(21)9-14-5-7-20(8-6-14)25(22,23)16-12(3)19-24-13(16)4/h10-11,14H,5-9H2,1-4H3. The third kappa shape index (κ3) is 3.48. The van der Waals surface area contributed by atoms with Gasteiger partial charge in [0.1, 0.15) is 22.7 Å². The van der Waals surface area contributed by atoms with Crippen LogP contribution < -0.4 is 0 Å². The van der Waals surface area contributed by atoms with Crippen molar-refractivity contribution in [1.29, 1.82) is 0 Å². The normalized spacial score (nSPS) is 17.5. The molecule has 0 aromatic carbocycles. The number of piperidine rings is 1. The molecule has 2 aromatic rings. The highest BCUT2D eigenvalue weighted by Crippen LogP contribution is 2.29. The van der Waals surface area contributed by atoms with Crippen LogP contribution in [0.2, 0.25) is 0 Å². The van der Waals surface area contributed by atoms with Crippen LogP contribution in [0.4, 0.5) is 0 Å². The van der Waals surface area contributed by atoms with E-state index >= 15 is 0 Å². The molecule has 0 unspecified atom stereocenters. The summed E-state index contributed by atoms with van der Waals surface area (Å²) in [6, 6.07) is 0.324. The van der Waals surface area contributed by atoms with Gasteiger partial charge in [0.2, 0.25) is 10.0 Å². The van der Waals surface area contributed by atoms with Gasteiger partial charge in [0.05, 0.1) is 0 Å². The lowest BCUT2D eigenvalue weighted by Crippen LogP contribution is -2.39. The molecule has 0 amide bonds. The summed E-state index contributed by atoms with van der Waals surface area (Å²) in [5, 5.41) is 12.0. The number of nitrogens with zero attached hydrogens (tertiary/aromatic N) is 5. The first-order valence-electron chi connectivity index (χ1n) is 8.62. The van der Waals surface area contributed by atoms with Crippen molar-refractivity contribution in [2.24, 2.45) is 5.92 Å². The molecule has 0 N–H and O–H groups in total. The van der Waals surface area contributed by atoms with Crippen LogP contribution in [-0.4, -0.2) is 45.7 Å². The molecular weight excluding hydrogens is 342 g/mol. The first-order valence-corrected chi connectivity index (χ1v) is 10.1. The summed E-state index contributed by atoms with van der Waals surface area (Å²) < 4.78 is 34.4. The predicted molar refractivity (Wildman–Crippen MR) is 91.6 cm³/mol. The summed E-state index contributed by atoms with van der Waals surface area (Å²) in [5.41, 5.74) is 0.421. The van der Waals surface area contributed by atoms with Gasteiger partial charge in [-0.1, -0.05) is 5.16 Å². The van der Waals surface area contributed by atoms with E-state index in [0.717, 1.165) is 25.1 Å². The molecule has 138 valence electrons. The van der Waals surface area contributed by atoms with E-state index in [0.29, 0.717) is 36.5 Å². The average Bonchev–Trinajstić information content (AvgIpc) is 3.14. The Hall–Kier alpha value is -1.74. The zero-order valence-electron chi connectivity index (χ0n) is 15.1. The second-order valence-electron chi connectivity index (χ2n) is 6.95. The number of hydrogen-bond donors (Lipinski definition) is 0. The second-order valence-corrected chi connectivity index (χ2v) is 8.83. The van der Waals surface area contributed by atoms with Crippen molar-refractivity contribution in [3.8, 4) is 0 Å². The Morgan fingerprint density at radius 1 is 1.28 bits per heavy atom. The number of aromatic nitrogens is 4. The summed E-state index contributed by atoms with van der Waals surface area (Å²) in [7, 11) is -3.54. The molecule has 0 bridgehead atoms. The lowest BCUT2D eigenvalue weighted by atomic mass is 9.94. The van der Waals surface area contributed by atoms with Gasteiger partial charge in [-0.25, -0.2) is 8.42 Å². The van der Waals surface area contributed by atoms with Crippen LogP contribution in [0, 0.1) is 19.8 Å². The number of rotatable bonds is 5. The Kier molecular flexibility index (Phi) is 4.97. The van der Waals surface area contributed by atoms with Crippen LogP contribution in [0.15, 0.2) is 15.7 Å². The quantitative estimate of drug-likeness (QED) is 0.803. The van der Waals surface area contributed by atoms with E-state index in [-0.39, 0.29) is 4.90 Å². The molecule has 2 aromatic heterocycles. The maximum Gasteiger partial charge on any atom is 0.248 e. The van der Waals surface area contributed by atoms with Gasteiger partial charge in [-0.15, -0.1) is 10.2 Å². The zero-order valence-corrected chi connectivity index (χ0v) is 16.0. The largest absolute Gasteiger partial charge is 0.360 e. The monoisotopic (exact) mass is 367 g/mol. The molecule has 0 spiro atoms. The topological polar surface area (TPSA) is 94.1 Å². The molecule has 1 saturated heterocycles. The van der Waals surface area contributed by atoms with E-state index in [9.17, 15) is 8.42 Å². The third-order valence-corrected chi connectivity index (χ3v) is 6.96. The minimum absolute atomic E-state index is 0.213. The number of hydrogen-bond acceptors (Lipinski definition) is 6. The van der Waals surface area contributed by atoms with Gasteiger partial charge in [0.15, 0.2) is 5.76 Å². The summed E-state index contributed by atoms with van der Waals surface area (Å²) in [6.45, 7) is 8.52. The number of sulfonamides is 1. The van der Waals surface area contributed by atoms with Crippen LogP contribution in [-0.2, 0) is 16.4 Å². The van der Waals surface area contributed by atoms with Crippen molar-refractivity contribution in [2.75, 3.05) is 13.1 Å². The minimum Gasteiger partial charge on any atom is -0.360 e. The van der Waals surface area contributed by atoms with Crippen molar-refractivity contribution in [1.82, 2.24) is 24.2 Å². The van der Waals surface area contributed by atoms with E-state index in [2.05, 4.69) is 33.8 Å². The summed E-state index contributed by atoms with van der Waals surface area (Å²) >= 11 is 0. The molecular formula is C16H25N5O3S. The molecule has 0 aliphatic carbocycles. The summed E-state index contributed by atoms with van der Waals surface area (Å²) in [6.07, 6.45) is 4.22. The lowest BCUT2D eigenvalue weighted by molar-refractivity contribution is 0.267. The maximum absolute atomic E-state index is 12.9. The van der Waals surface area contributed by atoms with Crippen LogP contribution in [0.5, 0.6) is 0 Å². The fourth-order valence-corrected chi connectivity index (χ4v) is 5.19. The fraction of sp³-hybridized carbons (Fsp3) is 0.688. The highest BCUT2D eigenvalue weighted by Gasteiger charge is 2.34. The minimum atomic E-state index is -3.54. The Morgan fingerprint density at radius 3 is 2.52 bits per heavy atom. The Morgan fingerprint density at radius 2 is 1.96 bits per heavy atom. The second kappa shape index (κ2) is 6.87.